The highest BCUT2D eigenvalue weighted by Gasteiger charge is 2.17. The van der Waals surface area contributed by atoms with Crippen LogP contribution in [0.25, 0.3) is 0 Å². The molecule has 5 nitrogen and oxygen atoms in total. The van der Waals surface area contributed by atoms with Gasteiger partial charge in [0.15, 0.2) is 0 Å². The average molecular weight is 298 g/mol. The molecule has 0 unspecified atom stereocenters. The molecule has 0 bridgehead atoms. The standard InChI is InChI=1S/C17H22N4O/c1-22-12-4-9-18-17-19-10-7-16(20-17)21-11-8-14-5-2-3-6-15(14)13-21/h2-3,5-7,10H,4,8-9,11-13H2,1H3,(H,18,19,20). The maximum atomic E-state index is 5.04. The zero-order valence-corrected chi connectivity index (χ0v) is 13.0. The van der Waals surface area contributed by atoms with Gasteiger partial charge in [-0.2, -0.15) is 4.98 Å². The van der Waals surface area contributed by atoms with Gasteiger partial charge in [0.25, 0.3) is 0 Å². The summed E-state index contributed by atoms with van der Waals surface area (Å²) in [5, 5.41) is 3.25. The predicted molar refractivity (Wildman–Crippen MR) is 88.2 cm³/mol. The fourth-order valence-electron chi connectivity index (χ4n) is 2.72. The molecule has 2 aromatic rings. The highest BCUT2D eigenvalue weighted by atomic mass is 16.5. The SMILES string of the molecule is COCCCNc1nccc(N2CCc3ccccc3C2)n1. The van der Waals surface area contributed by atoms with Crippen molar-refractivity contribution in [3.8, 4) is 0 Å². The number of rotatable bonds is 6. The summed E-state index contributed by atoms with van der Waals surface area (Å²) in [4.78, 5) is 11.2. The third kappa shape index (κ3) is 3.54. The Morgan fingerprint density at radius 2 is 2.09 bits per heavy atom. The van der Waals surface area contributed by atoms with E-state index in [4.69, 9.17) is 4.74 Å². The lowest BCUT2D eigenvalue weighted by Crippen LogP contribution is -2.31. The Bertz CT molecular complexity index is 617. The topological polar surface area (TPSA) is 50.3 Å². The first-order chi connectivity index (χ1) is 10.9. The van der Waals surface area contributed by atoms with E-state index < -0.39 is 0 Å². The molecule has 1 aromatic heterocycles. The Balaban J connectivity index is 1.65. The van der Waals surface area contributed by atoms with E-state index in [0.29, 0.717) is 5.95 Å². The molecular formula is C17H22N4O. The van der Waals surface area contributed by atoms with Crippen molar-refractivity contribution in [1.29, 1.82) is 0 Å². The van der Waals surface area contributed by atoms with E-state index in [1.807, 2.05) is 12.3 Å². The Kier molecular flexibility index (Phi) is 4.85. The lowest BCUT2D eigenvalue weighted by Gasteiger charge is -2.29. The minimum atomic E-state index is 0.687. The molecule has 2 heterocycles. The second kappa shape index (κ2) is 7.22. The summed E-state index contributed by atoms with van der Waals surface area (Å²) >= 11 is 0. The molecule has 0 spiro atoms. The van der Waals surface area contributed by atoms with Crippen molar-refractivity contribution < 1.29 is 4.74 Å². The molecule has 1 aliphatic heterocycles. The maximum absolute atomic E-state index is 5.04. The van der Waals surface area contributed by atoms with Crippen LogP contribution < -0.4 is 10.2 Å². The Morgan fingerprint density at radius 3 is 2.95 bits per heavy atom. The number of ether oxygens (including phenoxy) is 1. The molecule has 0 amide bonds. The minimum absolute atomic E-state index is 0.687. The average Bonchev–Trinajstić information content (AvgIpc) is 2.59. The van der Waals surface area contributed by atoms with Crippen LogP contribution in [0.5, 0.6) is 0 Å². The van der Waals surface area contributed by atoms with Crippen LogP contribution in [0.4, 0.5) is 11.8 Å². The fraction of sp³-hybridized carbons (Fsp3) is 0.412. The Morgan fingerprint density at radius 1 is 1.23 bits per heavy atom. The number of fused-ring (bicyclic) bond motifs is 1. The van der Waals surface area contributed by atoms with Crippen LogP contribution in [0.3, 0.4) is 0 Å². The molecule has 116 valence electrons. The molecule has 3 rings (SSSR count). The molecular weight excluding hydrogens is 276 g/mol. The van der Waals surface area contributed by atoms with Crippen LogP contribution >= 0.6 is 0 Å². The van der Waals surface area contributed by atoms with E-state index in [1.54, 1.807) is 7.11 Å². The van der Waals surface area contributed by atoms with Gasteiger partial charge in [0.1, 0.15) is 5.82 Å². The van der Waals surface area contributed by atoms with Crippen molar-refractivity contribution in [2.45, 2.75) is 19.4 Å². The van der Waals surface area contributed by atoms with Gasteiger partial charge in [-0.15, -0.1) is 0 Å². The zero-order chi connectivity index (χ0) is 15.2. The van der Waals surface area contributed by atoms with Crippen LogP contribution in [0.1, 0.15) is 17.5 Å². The zero-order valence-electron chi connectivity index (χ0n) is 13.0. The molecule has 1 aliphatic rings. The van der Waals surface area contributed by atoms with E-state index in [1.165, 1.54) is 11.1 Å². The van der Waals surface area contributed by atoms with Crippen molar-refractivity contribution in [2.75, 3.05) is 37.0 Å². The first-order valence-corrected chi connectivity index (χ1v) is 7.74. The molecule has 0 fully saturated rings. The highest BCUT2D eigenvalue weighted by molar-refractivity contribution is 5.46. The summed E-state index contributed by atoms with van der Waals surface area (Å²) in [6.07, 6.45) is 3.83. The Labute approximate surface area is 131 Å². The third-order valence-electron chi connectivity index (χ3n) is 3.90. The van der Waals surface area contributed by atoms with Crippen LogP contribution in [0.2, 0.25) is 0 Å². The van der Waals surface area contributed by atoms with Crippen molar-refractivity contribution >= 4 is 11.8 Å². The van der Waals surface area contributed by atoms with Crippen LogP contribution in [0.15, 0.2) is 36.5 Å². The number of methoxy groups -OCH3 is 1. The van der Waals surface area contributed by atoms with Gasteiger partial charge < -0.3 is 15.0 Å². The van der Waals surface area contributed by atoms with Gasteiger partial charge in [0.05, 0.1) is 0 Å². The van der Waals surface area contributed by atoms with E-state index in [-0.39, 0.29) is 0 Å². The summed E-state index contributed by atoms with van der Waals surface area (Å²) in [6, 6.07) is 10.6. The molecule has 0 radical (unpaired) electrons. The van der Waals surface area contributed by atoms with E-state index in [2.05, 4.69) is 44.5 Å². The summed E-state index contributed by atoms with van der Waals surface area (Å²) in [5.74, 6) is 1.67. The lowest BCUT2D eigenvalue weighted by molar-refractivity contribution is 0.197. The largest absolute Gasteiger partial charge is 0.385 e. The van der Waals surface area contributed by atoms with Gasteiger partial charge in [-0.3, -0.25) is 0 Å². The first-order valence-electron chi connectivity index (χ1n) is 7.74. The van der Waals surface area contributed by atoms with Gasteiger partial charge >= 0.3 is 0 Å². The van der Waals surface area contributed by atoms with Gasteiger partial charge in [0.2, 0.25) is 5.95 Å². The maximum Gasteiger partial charge on any atom is 0.224 e. The van der Waals surface area contributed by atoms with E-state index >= 15 is 0 Å². The predicted octanol–water partition coefficient (Wildman–Crippen LogP) is 2.49. The number of anilines is 2. The molecule has 0 saturated heterocycles. The van der Waals surface area contributed by atoms with Gasteiger partial charge in [0, 0.05) is 39.5 Å². The van der Waals surface area contributed by atoms with E-state index in [9.17, 15) is 0 Å². The van der Waals surface area contributed by atoms with Crippen LogP contribution in [-0.2, 0) is 17.7 Å². The lowest BCUT2D eigenvalue weighted by atomic mass is 10.00. The number of nitrogens with zero attached hydrogens (tertiary/aromatic N) is 3. The second-order valence-electron chi connectivity index (χ2n) is 5.45. The highest BCUT2D eigenvalue weighted by Crippen LogP contribution is 2.23. The van der Waals surface area contributed by atoms with Crippen LogP contribution in [0, 0.1) is 0 Å². The monoisotopic (exact) mass is 298 g/mol. The molecule has 1 N–H and O–H groups in total. The molecule has 0 aliphatic carbocycles. The summed E-state index contributed by atoms with van der Waals surface area (Å²) in [6.45, 7) is 3.48. The molecule has 1 aromatic carbocycles. The number of benzene rings is 1. The number of aromatic nitrogens is 2. The van der Waals surface area contributed by atoms with Crippen molar-refractivity contribution in [3.63, 3.8) is 0 Å². The molecule has 22 heavy (non-hydrogen) atoms. The smallest absolute Gasteiger partial charge is 0.224 e. The van der Waals surface area contributed by atoms with Gasteiger partial charge in [-0.05, 0) is 30.0 Å². The van der Waals surface area contributed by atoms with Gasteiger partial charge in [-0.25, -0.2) is 4.98 Å². The number of nitrogens with one attached hydrogen (secondary N) is 1. The van der Waals surface area contributed by atoms with Crippen molar-refractivity contribution in [3.05, 3.63) is 47.7 Å². The normalized spacial score (nSPS) is 13.8. The third-order valence-corrected chi connectivity index (χ3v) is 3.90. The number of hydrogen-bond donors (Lipinski definition) is 1. The van der Waals surface area contributed by atoms with Gasteiger partial charge in [-0.1, -0.05) is 24.3 Å². The summed E-state index contributed by atoms with van der Waals surface area (Å²) in [5.41, 5.74) is 2.84. The summed E-state index contributed by atoms with van der Waals surface area (Å²) < 4.78 is 5.04. The number of hydrogen-bond acceptors (Lipinski definition) is 5. The van der Waals surface area contributed by atoms with E-state index in [0.717, 1.165) is 44.9 Å². The van der Waals surface area contributed by atoms with Crippen molar-refractivity contribution in [2.24, 2.45) is 0 Å². The fourth-order valence-corrected chi connectivity index (χ4v) is 2.72. The van der Waals surface area contributed by atoms with Crippen LogP contribution in [-0.4, -0.2) is 36.8 Å². The molecule has 0 saturated carbocycles. The summed E-state index contributed by atoms with van der Waals surface area (Å²) in [7, 11) is 1.71. The van der Waals surface area contributed by atoms with Crippen molar-refractivity contribution in [1.82, 2.24) is 9.97 Å². The Hall–Kier alpha value is -2.14. The molecule has 5 heteroatoms. The first kappa shape index (κ1) is 14.8. The quantitative estimate of drug-likeness (QED) is 0.830. The minimum Gasteiger partial charge on any atom is -0.385 e. The molecule has 0 atom stereocenters. The second-order valence-corrected chi connectivity index (χ2v) is 5.45.